The van der Waals surface area contributed by atoms with Gasteiger partial charge >= 0.3 is 5.97 Å². The van der Waals surface area contributed by atoms with E-state index in [0.717, 1.165) is 0 Å². The highest BCUT2D eigenvalue weighted by atomic mass is 32.2. The van der Waals surface area contributed by atoms with Gasteiger partial charge in [0.2, 0.25) is 5.91 Å². The third-order valence-electron chi connectivity index (χ3n) is 2.86. The normalized spacial score (nSPS) is 12.1. The number of primary amides is 1. The van der Waals surface area contributed by atoms with E-state index in [1.54, 1.807) is 23.6 Å². The standard InChI is InChI=1S/C13H16N4O4S/c1-8(12(19)20-2)22-13-16-15-11(9-4-3-7-21-9)17(13)6-5-10(14)18/h3-4,7-8H,5-6H2,1-2H3,(H2,14,18)/t8-/m1/s1. The van der Waals surface area contributed by atoms with Gasteiger partial charge in [-0.1, -0.05) is 11.8 Å². The Hall–Kier alpha value is -2.29. The number of carbonyl (C=O) groups is 2. The molecule has 2 rings (SSSR count). The molecule has 0 spiro atoms. The van der Waals surface area contributed by atoms with Crippen LogP contribution in [-0.4, -0.2) is 39.0 Å². The third-order valence-corrected chi connectivity index (χ3v) is 3.91. The number of methoxy groups -OCH3 is 1. The fraction of sp³-hybridized carbons (Fsp3) is 0.385. The lowest BCUT2D eigenvalue weighted by molar-refractivity contribution is -0.139. The van der Waals surface area contributed by atoms with Crippen molar-refractivity contribution in [2.24, 2.45) is 5.73 Å². The average Bonchev–Trinajstić information content (AvgIpc) is 3.13. The summed E-state index contributed by atoms with van der Waals surface area (Å²) in [5.41, 5.74) is 5.20. The molecule has 0 aliphatic heterocycles. The highest BCUT2D eigenvalue weighted by Gasteiger charge is 2.22. The van der Waals surface area contributed by atoms with Crippen LogP contribution < -0.4 is 5.73 Å². The molecule has 2 heterocycles. The van der Waals surface area contributed by atoms with Crippen molar-refractivity contribution >= 4 is 23.6 Å². The number of nitrogens with two attached hydrogens (primary N) is 1. The summed E-state index contributed by atoms with van der Waals surface area (Å²) in [4.78, 5) is 22.6. The Balaban J connectivity index is 2.29. The van der Waals surface area contributed by atoms with Crippen molar-refractivity contribution in [3.8, 4) is 11.6 Å². The van der Waals surface area contributed by atoms with Gasteiger partial charge in [0.05, 0.1) is 13.4 Å². The fourth-order valence-electron chi connectivity index (χ4n) is 1.76. The maximum atomic E-state index is 11.5. The molecule has 1 amide bonds. The molecule has 2 N–H and O–H groups in total. The minimum absolute atomic E-state index is 0.131. The maximum Gasteiger partial charge on any atom is 0.318 e. The van der Waals surface area contributed by atoms with Crippen LogP contribution in [-0.2, 0) is 20.9 Å². The van der Waals surface area contributed by atoms with Crippen LogP contribution in [0.3, 0.4) is 0 Å². The van der Waals surface area contributed by atoms with Gasteiger partial charge in [-0.2, -0.15) is 0 Å². The molecule has 0 unspecified atom stereocenters. The summed E-state index contributed by atoms with van der Waals surface area (Å²) in [6.07, 6.45) is 1.65. The summed E-state index contributed by atoms with van der Waals surface area (Å²) in [7, 11) is 1.32. The number of hydrogen-bond donors (Lipinski definition) is 1. The van der Waals surface area contributed by atoms with Gasteiger partial charge in [0, 0.05) is 13.0 Å². The molecule has 8 nitrogen and oxygen atoms in total. The van der Waals surface area contributed by atoms with E-state index in [2.05, 4.69) is 10.2 Å². The van der Waals surface area contributed by atoms with Gasteiger partial charge < -0.3 is 14.9 Å². The van der Waals surface area contributed by atoms with E-state index in [9.17, 15) is 9.59 Å². The van der Waals surface area contributed by atoms with Crippen molar-refractivity contribution in [2.45, 2.75) is 30.3 Å². The SMILES string of the molecule is COC(=O)[C@@H](C)Sc1nnc(-c2ccco2)n1CCC(N)=O. The molecule has 9 heteroatoms. The van der Waals surface area contributed by atoms with Gasteiger partial charge in [-0.3, -0.25) is 14.2 Å². The first-order chi connectivity index (χ1) is 10.5. The minimum atomic E-state index is -0.453. The van der Waals surface area contributed by atoms with Crippen LogP contribution in [0.15, 0.2) is 28.0 Å². The molecule has 0 radical (unpaired) electrons. The molecular weight excluding hydrogens is 308 g/mol. The molecule has 22 heavy (non-hydrogen) atoms. The lowest BCUT2D eigenvalue weighted by Crippen LogP contribution is -2.17. The number of ether oxygens (including phenoxy) is 1. The van der Waals surface area contributed by atoms with Crippen molar-refractivity contribution < 1.29 is 18.7 Å². The highest BCUT2D eigenvalue weighted by molar-refractivity contribution is 8.00. The predicted molar refractivity (Wildman–Crippen MR) is 78.9 cm³/mol. The zero-order valence-corrected chi connectivity index (χ0v) is 13.0. The lowest BCUT2D eigenvalue weighted by Gasteiger charge is -2.10. The van der Waals surface area contributed by atoms with E-state index in [1.807, 2.05) is 0 Å². The Morgan fingerprint density at radius 2 is 2.27 bits per heavy atom. The Morgan fingerprint density at radius 1 is 1.50 bits per heavy atom. The van der Waals surface area contributed by atoms with Crippen LogP contribution in [0.5, 0.6) is 0 Å². The number of aromatic nitrogens is 3. The Kier molecular flexibility index (Phi) is 5.21. The smallest absolute Gasteiger partial charge is 0.318 e. The average molecular weight is 324 g/mol. The van der Waals surface area contributed by atoms with E-state index in [4.69, 9.17) is 14.9 Å². The molecule has 2 aromatic heterocycles. The first-order valence-corrected chi connectivity index (χ1v) is 7.40. The quantitative estimate of drug-likeness (QED) is 0.598. The Labute approximate surface area is 131 Å². The van der Waals surface area contributed by atoms with Gasteiger partial charge in [-0.05, 0) is 19.1 Å². The molecule has 0 aliphatic rings. The van der Waals surface area contributed by atoms with Crippen molar-refractivity contribution in [3.05, 3.63) is 18.4 Å². The van der Waals surface area contributed by atoms with Crippen LogP contribution in [0.2, 0.25) is 0 Å². The van der Waals surface area contributed by atoms with Gasteiger partial charge in [0.15, 0.2) is 16.7 Å². The first-order valence-electron chi connectivity index (χ1n) is 6.52. The molecule has 0 bridgehead atoms. The second-order valence-corrected chi connectivity index (χ2v) is 5.74. The number of hydrogen-bond acceptors (Lipinski definition) is 7. The van der Waals surface area contributed by atoms with E-state index >= 15 is 0 Å². The molecule has 0 saturated heterocycles. The molecule has 0 fully saturated rings. The molecule has 0 aliphatic carbocycles. The first kappa shape index (κ1) is 16.1. The summed E-state index contributed by atoms with van der Waals surface area (Å²) in [5, 5.41) is 8.17. The van der Waals surface area contributed by atoms with Crippen LogP contribution in [0.1, 0.15) is 13.3 Å². The number of furan rings is 1. The second-order valence-electron chi connectivity index (χ2n) is 4.43. The molecule has 0 saturated carbocycles. The summed E-state index contributed by atoms with van der Waals surface area (Å²) in [6, 6.07) is 3.47. The van der Waals surface area contributed by atoms with E-state index < -0.39 is 11.2 Å². The van der Waals surface area contributed by atoms with Crippen LogP contribution >= 0.6 is 11.8 Å². The van der Waals surface area contributed by atoms with Crippen LogP contribution in [0, 0.1) is 0 Å². The van der Waals surface area contributed by atoms with Crippen LogP contribution in [0.25, 0.3) is 11.6 Å². The zero-order chi connectivity index (χ0) is 16.1. The summed E-state index contributed by atoms with van der Waals surface area (Å²) < 4.78 is 11.7. The molecule has 2 aromatic rings. The largest absolute Gasteiger partial charge is 0.468 e. The summed E-state index contributed by atoms with van der Waals surface area (Å²) in [6.45, 7) is 2.00. The van der Waals surface area contributed by atoms with E-state index in [0.29, 0.717) is 23.3 Å². The number of thioether (sulfide) groups is 1. The van der Waals surface area contributed by atoms with Gasteiger partial charge in [0.25, 0.3) is 0 Å². The second kappa shape index (κ2) is 7.12. The third kappa shape index (κ3) is 3.67. The van der Waals surface area contributed by atoms with Crippen molar-refractivity contribution in [1.82, 2.24) is 14.8 Å². The number of amides is 1. The van der Waals surface area contributed by atoms with Crippen LogP contribution in [0.4, 0.5) is 0 Å². The van der Waals surface area contributed by atoms with Crippen molar-refractivity contribution in [3.63, 3.8) is 0 Å². The monoisotopic (exact) mass is 324 g/mol. The van der Waals surface area contributed by atoms with Crippen molar-refractivity contribution in [2.75, 3.05) is 7.11 Å². The number of esters is 1. The Morgan fingerprint density at radius 3 is 2.86 bits per heavy atom. The van der Waals surface area contributed by atoms with E-state index in [-0.39, 0.29) is 12.4 Å². The lowest BCUT2D eigenvalue weighted by atomic mass is 10.3. The molecular formula is C13H16N4O4S. The molecule has 118 valence electrons. The fourth-order valence-corrected chi connectivity index (χ4v) is 2.66. The maximum absolute atomic E-state index is 11.5. The van der Waals surface area contributed by atoms with Gasteiger partial charge in [-0.15, -0.1) is 10.2 Å². The van der Waals surface area contributed by atoms with Gasteiger partial charge in [-0.25, -0.2) is 0 Å². The minimum Gasteiger partial charge on any atom is -0.468 e. The van der Waals surface area contributed by atoms with Gasteiger partial charge in [0.1, 0.15) is 5.25 Å². The van der Waals surface area contributed by atoms with Crippen molar-refractivity contribution in [1.29, 1.82) is 0 Å². The highest BCUT2D eigenvalue weighted by Crippen LogP contribution is 2.27. The molecule has 0 aromatic carbocycles. The number of nitrogens with zero attached hydrogens (tertiary/aromatic N) is 3. The zero-order valence-electron chi connectivity index (χ0n) is 12.2. The topological polar surface area (TPSA) is 113 Å². The molecule has 1 atom stereocenters. The number of carbonyl (C=O) groups excluding carboxylic acids is 2. The summed E-state index contributed by atoms with van der Waals surface area (Å²) in [5.74, 6) is 0.199. The Bertz CT molecular complexity index is 653. The summed E-state index contributed by atoms with van der Waals surface area (Å²) >= 11 is 1.19. The predicted octanol–water partition coefficient (Wildman–Crippen LogP) is 1.07. The van der Waals surface area contributed by atoms with E-state index in [1.165, 1.54) is 25.1 Å². The number of rotatable bonds is 7.